The number of piperazine rings is 1. The van der Waals surface area contributed by atoms with Crippen LogP contribution < -0.4 is 9.64 Å². The third kappa shape index (κ3) is 5.54. The third-order valence-electron chi connectivity index (χ3n) is 6.52. The second kappa shape index (κ2) is 10.3. The summed E-state index contributed by atoms with van der Waals surface area (Å²) in [7, 11) is 0. The van der Waals surface area contributed by atoms with Crippen molar-refractivity contribution in [2.24, 2.45) is 0 Å². The molecule has 0 amide bonds. The number of aromatic nitrogens is 1. The molecular formula is C29H30FN3O2. The van der Waals surface area contributed by atoms with Crippen molar-refractivity contribution in [1.82, 2.24) is 9.88 Å². The molecule has 5 rings (SSSR count). The Bertz CT molecular complexity index is 1260. The third-order valence-corrected chi connectivity index (χ3v) is 6.52. The predicted molar refractivity (Wildman–Crippen MR) is 137 cm³/mol. The van der Waals surface area contributed by atoms with Crippen LogP contribution >= 0.6 is 0 Å². The number of likely N-dealkylation sites (N-methyl/N-ethyl adjacent to an activating group) is 1. The Morgan fingerprint density at radius 1 is 0.914 bits per heavy atom. The van der Waals surface area contributed by atoms with Gasteiger partial charge in [-0.3, -0.25) is 0 Å². The standard InChI is InChI=1S/C29H30FN3O2/c1-3-32-15-17-33(18-16-32)25-11-9-23(10-12-25)29-31-28(21(2)34-29)19-22-7-13-26(14-8-22)35-27-6-4-5-24(30)20-27/h4-14,20H,3,15-19H2,1-2H3. The van der Waals surface area contributed by atoms with E-state index in [1.165, 1.54) is 17.8 Å². The Labute approximate surface area is 205 Å². The van der Waals surface area contributed by atoms with Crippen LogP contribution in [0.2, 0.25) is 0 Å². The van der Waals surface area contributed by atoms with E-state index in [1.54, 1.807) is 12.1 Å². The maximum atomic E-state index is 13.4. The van der Waals surface area contributed by atoms with Crippen LogP contribution in [0.3, 0.4) is 0 Å². The average molecular weight is 472 g/mol. The zero-order valence-corrected chi connectivity index (χ0v) is 20.2. The van der Waals surface area contributed by atoms with Crippen LogP contribution in [-0.2, 0) is 6.42 Å². The van der Waals surface area contributed by atoms with Crippen molar-refractivity contribution < 1.29 is 13.5 Å². The molecular weight excluding hydrogens is 441 g/mol. The Balaban J connectivity index is 1.23. The summed E-state index contributed by atoms with van der Waals surface area (Å²) in [5.41, 5.74) is 4.24. The molecule has 1 saturated heterocycles. The summed E-state index contributed by atoms with van der Waals surface area (Å²) in [6.07, 6.45) is 0.662. The Morgan fingerprint density at radius 3 is 2.34 bits per heavy atom. The quantitative estimate of drug-likeness (QED) is 0.316. The average Bonchev–Trinajstić information content (AvgIpc) is 3.25. The van der Waals surface area contributed by atoms with Crippen LogP contribution in [0.1, 0.15) is 23.9 Å². The number of ether oxygens (including phenoxy) is 1. The molecule has 35 heavy (non-hydrogen) atoms. The molecule has 1 fully saturated rings. The molecule has 180 valence electrons. The van der Waals surface area contributed by atoms with Crippen LogP contribution in [0.5, 0.6) is 11.5 Å². The SMILES string of the molecule is CCN1CCN(c2ccc(-c3nc(Cc4ccc(Oc5cccc(F)c5)cc4)c(C)o3)cc2)CC1. The van der Waals surface area contributed by atoms with E-state index in [0.29, 0.717) is 23.8 Å². The van der Waals surface area contributed by atoms with E-state index in [-0.39, 0.29) is 5.82 Å². The highest BCUT2D eigenvalue weighted by Crippen LogP contribution is 2.27. The maximum absolute atomic E-state index is 13.4. The van der Waals surface area contributed by atoms with Gasteiger partial charge in [-0.15, -0.1) is 0 Å². The molecule has 2 heterocycles. The smallest absolute Gasteiger partial charge is 0.226 e. The molecule has 1 aliphatic heterocycles. The molecule has 0 N–H and O–H groups in total. The van der Waals surface area contributed by atoms with Gasteiger partial charge in [0.1, 0.15) is 23.1 Å². The van der Waals surface area contributed by atoms with Gasteiger partial charge in [-0.1, -0.05) is 25.1 Å². The van der Waals surface area contributed by atoms with E-state index in [4.69, 9.17) is 14.1 Å². The summed E-state index contributed by atoms with van der Waals surface area (Å²) >= 11 is 0. The molecule has 1 aromatic heterocycles. The highest BCUT2D eigenvalue weighted by atomic mass is 19.1. The van der Waals surface area contributed by atoms with Gasteiger partial charge in [0.2, 0.25) is 5.89 Å². The molecule has 0 spiro atoms. The first-order valence-corrected chi connectivity index (χ1v) is 12.1. The van der Waals surface area contributed by atoms with Crippen molar-refractivity contribution in [2.75, 3.05) is 37.6 Å². The largest absolute Gasteiger partial charge is 0.457 e. The van der Waals surface area contributed by atoms with Gasteiger partial charge in [-0.25, -0.2) is 9.37 Å². The summed E-state index contributed by atoms with van der Waals surface area (Å²) in [6.45, 7) is 9.62. The van der Waals surface area contributed by atoms with Gasteiger partial charge in [0.05, 0.1) is 5.69 Å². The molecule has 1 aliphatic rings. The summed E-state index contributed by atoms with van der Waals surface area (Å²) < 4.78 is 25.1. The fourth-order valence-electron chi connectivity index (χ4n) is 4.39. The highest BCUT2D eigenvalue weighted by Gasteiger charge is 2.17. The number of hydrogen-bond donors (Lipinski definition) is 0. The number of benzene rings is 3. The lowest BCUT2D eigenvalue weighted by Crippen LogP contribution is -2.46. The summed E-state index contributed by atoms with van der Waals surface area (Å²) in [5.74, 6) is 2.28. The highest BCUT2D eigenvalue weighted by molar-refractivity contribution is 5.60. The van der Waals surface area contributed by atoms with Crippen molar-refractivity contribution >= 4 is 5.69 Å². The van der Waals surface area contributed by atoms with Crippen molar-refractivity contribution in [2.45, 2.75) is 20.3 Å². The zero-order chi connectivity index (χ0) is 24.2. The van der Waals surface area contributed by atoms with Crippen molar-refractivity contribution in [3.8, 4) is 23.0 Å². The lowest BCUT2D eigenvalue weighted by atomic mass is 10.1. The minimum absolute atomic E-state index is 0.319. The van der Waals surface area contributed by atoms with E-state index in [0.717, 1.165) is 55.3 Å². The fourth-order valence-corrected chi connectivity index (χ4v) is 4.39. The van der Waals surface area contributed by atoms with E-state index >= 15 is 0 Å². The second-order valence-corrected chi connectivity index (χ2v) is 8.87. The van der Waals surface area contributed by atoms with E-state index in [1.807, 2.05) is 31.2 Å². The van der Waals surface area contributed by atoms with Crippen LogP contribution in [0.4, 0.5) is 10.1 Å². The minimum Gasteiger partial charge on any atom is -0.457 e. The van der Waals surface area contributed by atoms with Crippen LogP contribution in [0.25, 0.3) is 11.5 Å². The van der Waals surface area contributed by atoms with Gasteiger partial charge >= 0.3 is 0 Å². The zero-order valence-electron chi connectivity index (χ0n) is 20.2. The Hall–Kier alpha value is -3.64. The van der Waals surface area contributed by atoms with Crippen LogP contribution in [0, 0.1) is 12.7 Å². The van der Waals surface area contributed by atoms with Gasteiger partial charge in [0, 0.05) is 49.9 Å². The molecule has 6 heteroatoms. The number of rotatable bonds is 7. The van der Waals surface area contributed by atoms with Gasteiger partial charge in [-0.2, -0.15) is 0 Å². The van der Waals surface area contributed by atoms with Gasteiger partial charge in [-0.05, 0) is 67.6 Å². The van der Waals surface area contributed by atoms with Crippen LogP contribution in [-0.4, -0.2) is 42.6 Å². The summed E-state index contributed by atoms with van der Waals surface area (Å²) in [6, 6.07) is 22.4. The lowest BCUT2D eigenvalue weighted by molar-refractivity contribution is 0.271. The summed E-state index contributed by atoms with van der Waals surface area (Å²) in [4.78, 5) is 9.69. The van der Waals surface area contributed by atoms with E-state index < -0.39 is 0 Å². The number of aryl methyl sites for hydroxylation is 1. The molecule has 0 saturated carbocycles. The topological polar surface area (TPSA) is 41.7 Å². The molecule has 0 aliphatic carbocycles. The second-order valence-electron chi connectivity index (χ2n) is 8.87. The Morgan fingerprint density at radius 2 is 1.66 bits per heavy atom. The van der Waals surface area contributed by atoms with Crippen molar-refractivity contribution in [3.05, 3.63) is 95.6 Å². The van der Waals surface area contributed by atoms with Gasteiger partial charge in [0.25, 0.3) is 0 Å². The summed E-state index contributed by atoms with van der Waals surface area (Å²) in [5, 5.41) is 0. The normalized spacial score (nSPS) is 14.3. The number of hydrogen-bond acceptors (Lipinski definition) is 5. The van der Waals surface area contributed by atoms with E-state index in [9.17, 15) is 4.39 Å². The first kappa shape index (κ1) is 23.1. The molecule has 0 unspecified atom stereocenters. The monoisotopic (exact) mass is 471 g/mol. The molecule has 3 aromatic carbocycles. The molecule has 4 aromatic rings. The predicted octanol–water partition coefficient (Wildman–Crippen LogP) is 6.31. The number of oxazole rings is 1. The molecule has 0 bridgehead atoms. The number of nitrogens with zero attached hydrogens (tertiary/aromatic N) is 3. The van der Waals surface area contributed by atoms with Crippen molar-refractivity contribution in [1.29, 1.82) is 0 Å². The van der Waals surface area contributed by atoms with Crippen molar-refractivity contribution in [3.63, 3.8) is 0 Å². The minimum atomic E-state index is -0.319. The van der Waals surface area contributed by atoms with Crippen LogP contribution in [0.15, 0.2) is 77.2 Å². The first-order valence-electron chi connectivity index (χ1n) is 12.1. The number of halogens is 1. The lowest BCUT2D eigenvalue weighted by Gasteiger charge is -2.35. The van der Waals surface area contributed by atoms with Gasteiger partial charge in [0.15, 0.2) is 0 Å². The molecule has 0 radical (unpaired) electrons. The van der Waals surface area contributed by atoms with E-state index in [2.05, 4.69) is 41.0 Å². The fraction of sp³-hybridized carbons (Fsp3) is 0.276. The van der Waals surface area contributed by atoms with Gasteiger partial charge < -0.3 is 19.0 Å². The molecule has 5 nitrogen and oxygen atoms in total. The first-order chi connectivity index (χ1) is 17.1. The Kier molecular flexibility index (Phi) is 6.82. The number of anilines is 1. The maximum Gasteiger partial charge on any atom is 0.226 e. The molecule has 0 atom stereocenters.